The van der Waals surface area contributed by atoms with Crippen LogP contribution >= 0.6 is 0 Å². The lowest BCUT2D eigenvalue weighted by atomic mass is 9.72. The molecule has 3 nitrogen and oxygen atoms in total. The fraction of sp³-hybridized carbons (Fsp3) is 0.526. The summed E-state index contributed by atoms with van der Waals surface area (Å²) in [7, 11) is 0. The van der Waals surface area contributed by atoms with E-state index in [4.69, 9.17) is 0 Å². The number of halogens is 6. The average molecular weight is 410 g/mol. The number of hydrogen-bond donors (Lipinski definition) is 2. The molecule has 1 fully saturated rings. The molecule has 0 spiro atoms. The zero-order valence-electron chi connectivity index (χ0n) is 15.1. The first-order chi connectivity index (χ1) is 12.6. The van der Waals surface area contributed by atoms with Crippen molar-refractivity contribution in [1.82, 2.24) is 0 Å². The van der Waals surface area contributed by atoms with E-state index in [1.165, 1.54) is 6.92 Å². The molecule has 0 saturated heterocycles. The minimum Gasteiger partial charge on any atom is -0.392 e. The fourth-order valence-electron chi connectivity index (χ4n) is 3.19. The maximum absolute atomic E-state index is 13.2. The van der Waals surface area contributed by atoms with Crippen molar-refractivity contribution in [1.29, 1.82) is 0 Å². The Morgan fingerprint density at radius 1 is 1.11 bits per heavy atom. The van der Waals surface area contributed by atoms with Crippen molar-refractivity contribution in [3.05, 3.63) is 41.0 Å². The van der Waals surface area contributed by atoms with E-state index in [0.29, 0.717) is 12.1 Å². The number of ketones is 1. The van der Waals surface area contributed by atoms with Crippen molar-refractivity contribution in [2.75, 3.05) is 0 Å². The molecule has 28 heavy (non-hydrogen) atoms. The molecule has 1 saturated carbocycles. The minimum atomic E-state index is -5.03. The normalized spacial score (nSPS) is 26.5. The van der Waals surface area contributed by atoms with E-state index in [0.717, 1.165) is 12.2 Å². The van der Waals surface area contributed by atoms with Crippen LogP contribution < -0.4 is 0 Å². The number of alkyl halides is 6. The lowest BCUT2D eigenvalue weighted by Crippen LogP contribution is -2.44. The van der Waals surface area contributed by atoms with Crippen LogP contribution in [0.15, 0.2) is 24.3 Å². The van der Waals surface area contributed by atoms with E-state index in [1.807, 2.05) is 0 Å². The molecule has 0 unspecified atom stereocenters. The Morgan fingerprint density at radius 2 is 1.71 bits per heavy atom. The topological polar surface area (TPSA) is 57.5 Å². The second-order valence-corrected chi connectivity index (χ2v) is 7.32. The highest BCUT2D eigenvalue weighted by atomic mass is 19.4. The van der Waals surface area contributed by atoms with Crippen LogP contribution in [-0.4, -0.2) is 27.7 Å². The highest BCUT2D eigenvalue weighted by Crippen LogP contribution is 2.39. The van der Waals surface area contributed by atoms with Crippen LogP contribution in [0.25, 0.3) is 6.08 Å². The molecule has 0 aliphatic heterocycles. The van der Waals surface area contributed by atoms with Gasteiger partial charge in [0.2, 0.25) is 0 Å². The third-order valence-electron chi connectivity index (χ3n) is 5.17. The Bertz CT molecular complexity index is 764. The summed E-state index contributed by atoms with van der Waals surface area (Å²) in [5, 5.41) is 20.5. The van der Waals surface area contributed by atoms with Gasteiger partial charge in [0.05, 0.1) is 22.8 Å². The molecule has 1 aliphatic rings. The van der Waals surface area contributed by atoms with Crippen LogP contribution in [0.5, 0.6) is 0 Å². The summed E-state index contributed by atoms with van der Waals surface area (Å²) in [5.41, 5.74) is -5.19. The van der Waals surface area contributed by atoms with Gasteiger partial charge in [0.25, 0.3) is 0 Å². The molecule has 0 bridgehead atoms. The Hall–Kier alpha value is -1.87. The van der Waals surface area contributed by atoms with Gasteiger partial charge in [-0.15, -0.1) is 0 Å². The van der Waals surface area contributed by atoms with Crippen LogP contribution in [0.2, 0.25) is 0 Å². The molecule has 2 rings (SSSR count). The molecule has 0 amide bonds. The first-order valence-corrected chi connectivity index (χ1v) is 8.53. The van der Waals surface area contributed by atoms with Crippen molar-refractivity contribution in [3.8, 4) is 0 Å². The molecule has 156 valence electrons. The second kappa shape index (κ2) is 7.51. The van der Waals surface area contributed by atoms with Crippen molar-refractivity contribution < 1.29 is 41.4 Å². The zero-order valence-corrected chi connectivity index (χ0v) is 15.1. The molecule has 4 atom stereocenters. The standard InChI is InChI=1S/C19H20F6O3/c1-10-15(26)8-13(9-16(10)27)17(2,28)6-5-11-3-4-12(18(20,21)22)7-14(11)19(23,24)25/h3-7,10,13,15,26,28H,8-9H2,1-2H3/b6-5-/t10-,13+,15-,17+/m0/s1. The molecule has 9 heteroatoms. The van der Waals surface area contributed by atoms with Crippen LogP contribution in [0, 0.1) is 11.8 Å². The largest absolute Gasteiger partial charge is 0.417 e. The van der Waals surface area contributed by atoms with Gasteiger partial charge in [0.1, 0.15) is 5.78 Å². The molecule has 1 aromatic rings. The maximum Gasteiger partial charge on any atom is 0.417 e. The van der Waals surface area contributed by atoms with Gasteiger partial charge in [-0.25, -0.2) is 0 Å². The van der Waals surface area contributed by atoms with E-state index in [9.17, 15) is 41.4 Å². The van der Waals surface area contributed by atoms with Gasteiger partial charge in [0, 0.05) is 18.3 Å². The van der Waals surface area contributed by atoms with Crippen molar-refractivity contribution in [3.63, 3.8) is 0 Å². The van der Waals surface area contributed by atoms with Gasteiger partial charge in [-0.1, -0.05) is 25.1 Å². The summed E-state index contributed by atoms with van der Waals surface area (Å²) in [6.07, 6.45) is -9.02. The number of hydrogen-bond acceptors (Lipinski definition) is 3. The van der Waals surface area contributed by atoms with Crippen LogP contribution in [-0.2, 0) is 17.1 Å². The molecular weight excluding hydrogens is 390 g/mol. The summed E-state index contributed by atoms with van der Waals surface area (Å²) in [5.74, 6) is -1.60. The number of aliphatic hydroxyl groups is 2. The summed E-state index contributed by atoms with van der Waals surface area (Å²) in [6, 6.07) is 1.23. The Balaban J connectivity index is 2.35. The molecule has 2 N–H and O–H groups in total. The zero-order chi connectivity index (χ0) is 21.5. The third-order valence-corrected chi connectivity index (χ3v) is 5.17. The first kappa shape index (κ1) is 22.4. The van der Waals surface area contributed by atoms with E-state index in [1.54, 1.807) is 6.92 Å². The lowest BCUT2D eigenvalue weighted by molar-refractivity contribution is -0.143. The number of carbonyl (C=O) groups excluding carboxylic acids is 1. The lowest BCUT2D eigenvalue weighted by Gasteiger charge is -2.37. The minimum absolute atomic E-state index is 0.0178. The highest BCUT2D eigenvalue weighted by molar-refractivity contribution is 5.82. The Labute approximate surface area is 157 Å². The van der Waals surface area contributed by atoms with E-state index in [-0.39, 0.29) is 24.7 Å². The fourth-order valence-corrected chi connectivity index (χ4v) is 3.19. The summed E-state index contributed by atoms with van der Waals surface area (Å²) < 4.78 is 77.8. The predicted molar refractivity (Wildman–Crippen MR) is 89.0 cm³/mol. The quantitative estimate of drug-likeness (QED) is 0.724. The average Bonchev–Trinajstić information content (AvgIpc) is 2.55. The van der Waals surface area contributed by atoms with Gasteiger partial charge in [-0.2, -0.15) is 26.3 Å². The van der Waals surface area contributed by atoms with Gasteiger partial charge in [-0.3, -0.25) is 4.79 Å². The molecule has 0 heterocycles. The van der Waals surface area contributed by atoms with Gasteiger partial charge < -0.3 is 10.2 Å². The number of carbonyl (C=O) groups is 1. The Kier molecular flexibility index (Phi) is 6.02. The highest BCUT2D eigenvalue weighted by Gasteiger charge is 2.41. The van der Waals surface area contributed by atoms with Crippen LogP contribution in [0.3, 0.4) is 0 Å². The van der Waals surface area contributed by atoms with Crippen LogP contribution in [0.4, 0.5) is 26.3 Å². The van der Waals surface area contributed by atoms with E-state index < -0.39 is 52.6 Å². The van der Waals surface area contributed by atoms with Gasteiger partial charge >= 0.3 is 12.4 Å². The van der Waals surface area contributed by atoms with Crippen LogP contribution in [0.1, 0.15) is 43.4 Å². The van der Waals surface area contributed by atoms with Gasteiger partial charge in [-0.05, 0) is 31.0 Å². The molecule has 0 radical (unpaired) electrons. The van der Waals surface area contributed by atoms with Gasteiger partial charge in [0.15, 0.2) is 0 Å². The number of Topliss-reactive ketones (excluding diaryl/α,β-unsaturated/α-hetero) is 1. The Morgan fingerprint density at radius 3 is 2.21 bits per heavy atom. The number of benzene rings is 1. The van der Waals surface area contributed by atoms with Crippen molar-refractivity contribution in [2.24, 2.45) is 11.8 Å². The monoisotopic (exact) mass is 410 g/mol. The smallest absolute Gasteiger partial charge is 0.392 e. The predicted octanol–water partition coefficient (Wildman–Crippen LogP) is 4.46. The maximum atomic E-state index is 13.2. The van der Waals surface area contributed by atoms with E-state index in [2.05, 4.69) is 0 Å². The van der Waals surface area contributed by atoms with Crippen molar-refractivity contribution >= 4 is 11.9 Å². The SMILES string of the molecule is C[C@@H]1C(=O)C[C@H]([C@](C)(O)/C=C\c2ccc(C(F)(F)F)cc2C(F)(F)F)C[C@@H]1O. The summed E-state index contributed by atoms with van der Waals surface area (Å²) in [6.45, 7) is 2.83. The number of aliphatic hydroxyl groups excluding tert-OH is 1. The molecule has 1 aliphatic carbocycles. The molecular formula is C19H20F6O3. The van der Waals surface area contributed by atoms with Crippen molar-refractivity contribution in [2.45, 2.75) is 50.7 Å². The third kappa shape index (κ3) is 4.94. The first-order valence-electron chi connectivity index (χ1n) is 8.53. The molecule has 1 aromatic carbocycles. The summed E-state index contributed by atoms with van der Waals surface area (Å²) >= 11 is 0. The van der Waals surface area contributed by atoms with E-state index >= 15 is 0 Å². The summed E-state index contributed by atoms with van der Waals surface area (Å²) in [4.78, 5) is 11.9. The molecule has 0 aromatic heterocycles. The number of rotatable bonds is 3. The second-order valence-electron chi connectivity index (χ2n) is 7.32.